The maximum atomic E-state index is 5.73. The van der Waals surface area contributed by atoms with Crippen molar-refractivity contribution in [3.63, 3.8) is 0 Å². The van der Waals surface area contributed by atoms with E-state index in [9.17, 15) is 0 Å². The molecule has 3 rings (SSSR count). The van der Waals surface area contributed by atoms with Crippen molar-refractivity contribution in [2.24, 2.45) is 5.84 Å². The Morgan fingerprint density at radius 3 is 2.94 bits per heavy atom. The number of nitrogens with two attached hydrogens (primary N) is 1. The second kappa shape index (κ2) is 4.82. The monoisotopic (exact) mass is 328 g/mol. The van der Waals surface area contributed by atoms with Crippen LogP contribution in [0.3, 0.4) is 0 Å². The van der Waals surface area contributed by atoms with Gasteiger partial charge in [-0.2, -0.15) is 0 Å². The van der Waals surface area contributed by atoms with Gasteiger partial charge in [0, 0.05) is 19.1 Å². The number of nitrogens with one attached hydrogen (secondary N) is 1. The summed E-state index contributed by atoms with van der Waals surface area (Å²) < 4.78 is 1.14. The summed E-state index contributed by atoms with van der Waals surface area (Å²) in [4.78, 5) is 4.14. The number of rotatable bonds is 3. The fraction of sp³-hybridized carbons (Fsp3) is 0.333. The molecule has 0 saturated heterocycles. The Bertz CT molecular complexity index is 511. The molecule has 90 valence electrons. The molecule has 0 bridgehead atoms. The Morgan fingerprint density at radius 1 is 1.41 bits per heavy atom. The smallest absolute Gasteiger partial charge is 0.0905 e. The lowest BCUT2D eigenvalue weighted by molar-refractivity contribution is 0.654. The Balaban J connectivity index is 1.97. The summed E-state index contributed by atoms with van der Waals surface area (Å²) in [5, 5.41) is 2.09. The second-order valence-electron chi connectivity index (χ2n) is 4.18. The molecular formula is C12H13BrN2S2. The standard InChI is InChI=1S/C12H13BrN2S2/c13-8-4-5-16-12(8)11(15-14)10-6-7-2-1-3-9(7)17-10/h4-6,11,15H,1-3,14H2. The Morgan fingerprint density at radius 2 is 2.29 bits per heavy atom. The van der Waals surface area contributed by atoms with Gasteiger partial charge in [-0.1, -0.05) is 0 Å². The molecule has 17 heavy (non-hydrogen) atoms. The highest BCUT2D eigenvalue weighted by Gasteiger charge is 2.22. The van der Waals surface area contributed by atoms with Gasteiger partial charge in [0.2, 0.25) is 0 Å². The molecule has 5 heteroatoms. The molecule has 3 N–H and O–H groups in total. The third-order valence-electron chi connectivity index (χ3n) is 3.12. The molecule has 2 nitrogen and oxygen atoms in total. The third kappa shape index (κ3) is 2.11. The first-order valence-corrected chi connectivity index (χ1v) is 8.09. The lowest BCUT2D eigenvalue weighted by Gasteiger charge is -2.13. The predicted octanol–water partition coefficient (Wildman–Crippen LogP) is 3.61. The van der Waals surface area contributed by atoms with E-state index in [1.807, 2.05) is 11.3 Å². The lowest BCUT2D eigenvalue weighted by atomic mass is 10.1. The van der Waals surface area contributed by atoms with Crippen LogP contribution in [0.25, 0.3) is 0 Å². The maximum absolute atomic E-state index is 5.73. The summed E-state index contributed by atoms with van der Waals surface area (Å²) in [6.07, 6.45) is 3.78. The van der Waals surface area contributed by atoms with E-state index < -0.39 is 0 Å². The van der Waals surface area contributed by atoms with Crippen molar-refractivity contribution in [2.75, 3.05) is 0 Å². The summed E-state index contributed by atoms with van der Waals surface area (Å²) in [6.45, 7) is 0. The fourth-order valence-electron chi connectivity index (χ4n) is 2.29. The van der Waals surface area contributed by atoms with Gasteiger partial charge in [0.05, 0.1) is 6.04 Å². The zero-order chi connectivity index (χ0) is 11.8. The average Bonchev–Trinajstić information content (AvgIpc) is 2.96. The minimum absolute atomic E-state index is 0.125. The van der Waals surface area contributed by atoms with Crippen LogP contribution in [0.2, 0.25) is 0 Å². The van der Waals surface area contributed by atoms with Crippen molar-refractivity contribution in [2.45, 2.75) is 25.3 Å². The van der Waals surface area contributed by atoms with Crippen LogP contribution in [0.15, 0.2) is 22.0 Å². The summed E-state index contributed by atoms with van der Waals surface area (Å²) in [7, 11) is 0. The van der Waals surface area contributed by atoms with Gasteiger partial charge in [0.1, 0.15) is 0 Å². The second-order valence-corrected chi connectivity index (χ2v) is 7.15. The first-order chi connectivity index (χ1) is 8.29. The number of hydrazine groups is 1. The quantitative estimate of drug-likeness (QED) is 0.667. The van der Waals surface area contributed by atoms with E-state index in [0.717, 1.165) is 4.47 Å². The Labute approximate surface area is 117 Å². The van der Waals surface area contributed by atoms with Gasteiger partial charge in [-0.05, 0) is 58.3 Å². The van der Waals surface area contributed by atoms with Crippen LogP contribution < -0.4 is 11.3 Å². The highest BCUT2D eigenvalue weighted by Crippen LogP contribution is 2.39. The molecule has 0 amide bonds. The SMILES string of the molecule is NNC(c1cc2c(s1)CCC2)c1sccc1Br. The molecule has 0 saturated carbocycles. The van der Waals surface area contributed by atoms with Gasteiger partial charge in [0.25, 0.3) is 0 Å². The number of thiophene rings is 2. The van der Waals surface area contributed by atoms with E-state index in [0.29, 0.717) is 0 Å². The van der Waals surface area contributed by atoms with Crippen molar-refractivity contribution in [3.8, 4) is 0 Å². The van der Waals surface area contributed by atoms with Crippen molar-refractivity contribution < 1.29 is 0 Å². The highest BCUT2D eigenvalue weighted by molar-refractivity contribution is 9.10. The molecule has 1 aliphatic carbocycles. The van der Waals surface area contributed by atoms with Gasteiger partial charge >= 0.3 is 0 Å². The van der Waals surface area contributed by atoms with E-state index in [-0.39, 0.29) is 6.04 Å². The number of aryl methyl sites for hydroxylation is 2. The molecule has 0 aromatic carbocycles. The number of halogens is 1. The largest absolute Gasteiger partial charge is 0.271 e. The molecule has 2 heterocycles. The molecule has 0 spiro atoms. The minimum Gasteiger partial charge on any atom is -0.271 e. The summed E-state index contributed by atoms with van der Waals surface area (Å²) in [6, 6.07) is 4.52. The third-order valence-corrected chi connectivity index (χ3v) is 6.36. The van der Waals surface area contributed by atoms with Crippen molar-refractivity contribution in [1.82, 2.24) is 5.43 Å². The van der Waals surface area contributed by atoms with Gasteiger partial charge in [-0.15, -0.1) is 22.7 Å². The van der Waals surface area contributed by atoms with Gasteiger partial charge in [0.15, 0.2) is 0 Å². The Kier molecular flexibility index (Phi) is 3.36. The summed E-state index contributed by atoms with van der Waals surface area (Å²) in [5.41, 5.74) is 4.47. The van der Waals surface area contributed by atoms with Crippen LogP contribution >= 0.6 is 38.6 Å². The van der Waals surface area contributed by atoms with E-state index in [1.165, 1.54) is 34.6 Å². The average molecular weight is 329 g/mol. The van der Waals surface area contributed by atoms with Crippen LogP contribution in [0.4, 0.5) is 0 Å². The zero-order valence-corrected chi connectivity index (χ0v) is 12.4. The van der Waals surface area contributed by atoms with E-state index >= 15 is 0 Å². The summed E-state index contributed by atoms with van der Waals surface area (Å²) in [5.74, 6) is 5.73. The van der Waals surface area contributed by atoms with Crippen molar-refractivity contribution in [1.29, 1.82) is 0 Å². The molecule has 1 atom stereocenters. The lowest BCUT2D eigenvalue weighted by Crippen LogP contribution is -2.27. The predicted molar refractivity (Wildman–Crippen MR) is 77.5 cm³/mol. The van der Waals surface area contributed by atoms with E-state index in [4.69, 9.17) is 5.84 Å². The molecule has 1 unspecified atom stereocenters. The normalized spacial score (nSPS) is 16.1. The molecule has 2 aromatic rings. The molecule has 0 fully saturated rings. The van der Waals surface area contributed by atoms with Crippen LogP contribution in [0.1, 0.15) is 32.7 Å². The molecule has 0 radical (unpaired) electrons. The topological polar surface area (TPSA) is 38.0 Å². The number of fused-ring (bicyclic) bond motifs is 1. The minimum atomic E-state index is 0.125. The van der Waals surface area contributed by atoms with Gasteiger partial charge < -0.3 is 0 Å². The molecule has 2 aromatic heterocycles. The highest BCUT2D eigenvalue weighted by atomic mass is 79.9. The van der Waals surface area contributed by atoms with Gasteiger partial charge in [-0.25, -0.2) is 5.43 Å². The number of hydrogen-bond acceptors (Lipinski definition) is 4. The van der Waals surface area contributed by atoms with Crippen LogP contribution in [0, 0.1) is 0 Å². The first kappa shape index (κ1) is 11.9. The maximum Gasteiger partial charge on any atom is 0.0905 e. The molecule has 0 aliphatic heterocycles. The zero-order valence-electron chi connectivity index (χ0n) is 9.20. The van der Waals surface area contributed by atoms with E-state index in [1.54, 1.807) is 16.2 Å². The van der Waals surface area contributed by atoms with Crippen molar-refractivity contribution >= 4 is 38.6 Å². The Hall–Kier alpha value is -0.200. The molecular weight excluding hydrogens is 316 g/mol. The van der Waals surface area contributed by atoms with Crippen LogP contribution in [-0.4, -0.2) is 0 Å². The van der Waals surface area contributed by atoms with Gasteiger partial charge in [-0.3, -0.25) is 5.84 Å². The summed E-state index contributed by atoms with van der Waals surface area (Å²) >= 11 is 7.22. The molecule has 1 aliphatic rings. The number of hydrogen-bond donors (Lipinski definition) is 2. The van der Waals surface area contributed by atoms with Crippen LogP contribution in [0.5, 0.6) is 0 Å². The van der Waals surface area contributed by atoms with Crippen molar-refractivity contribution in [3.05, 3.63) is 42.2 Å². The van der Waals surface area contributed by atoms with E-state index in [2.05, 4.69) is 38.9 Å². The van der Waals surface area contributed by atoms with Crippen LogP contribution in [-0.2, 0) is 12.8 Å². The fourth-order valence-corrected chi connectivity index (χ4v) is 5.37. The first-order valence-electron chi connectivity index (χ1n) is 5.60.